The number of hydrogen-bond acceptors (Lipinski definition) is 4. The van der Waals surface area contributed by atoms with Crippen LogP contribution < -0.4 is 9.80 Å². The first kappa shape index (κ1) is 13.6. The molecule has 3 heterocycles. The van der Waals surface area contributed by atoms with Crippen LogP contribution in [0.5, 0.6) is 0 Å². The predicted molar refractivity (Wildman–Crippen MR) is 85.4 cm³/mol. The smallest absolute Gasteiger partial charge is 0.254 e. The van der Waals surface area contributed by atoms with Crippen LogP contribution >= 0.6 is 12.2 Å². The number of amides is 1. The highest BCUT2D eigenvalue weighted by Crippen LogP contribution is 2.24. The Morgan fingerprint density at radius 2 is 1.57 bits per heavy atom. The van der Waals surface area contributed by atoms with Crippen molar-refractivity contribution in [3.05, 3.63) is 47.8 Å². The van der Waals surface area contributed by atoms with Gasteiger partial charge in [0.1, 0.15) is 18.2 Å². The van der Waals surface area contributed by atoms with E-state index in [4.69, 9.17) is 12.2 Å². The van der Waals surface area contributed by atoms with E-state index in [1.807, 2.05) is 44.2 Å². The summed E-state index contributed by atoms with van der Waals surface area (Å²) in [5.74, 6) is 1.14. The average Bonchev–Trinajstić information content (AvgIpc) is 2.74. The van der Waals surface area contributed by atoms with Crippen molar-refractivity contribution in [2.75, 3.05) is 16.3 Å². The molecule has 1 aliphatic heterocycles. The summed E-state index contributed by atoms with van der Waals surface area (Å²) in [4.78, 5) is 24.3. The Morgan fingerprint density at radius 1 is 1.00 bits per heavy atom. The minimum Gasteiger partial charge on any atom is -0.293 e. The maximum Gasteiger partial charge on any atom is 0.254 e. The van der Waals surface area contributed by atoms with Crippen LogP contribution in [0.25, 0.3) is 0 Å². The largest absolute Gasteiger partial charge is 0.293 e. The number of pyridine rings is 2. The molecule has 1 amide bonds. The topological polar surface area (TPSA) is 49.3 Å². The number of anilines is 2. The normalized spacial score (nSPS) is 15.0. The van der Waals surface area contributed by atoms with E-state index in [2.05, 4.69) is 9.97 Å². The van der Waals surface area contributed by atoms with Crippen LogP contribution in [-0.2, 0) is 4.79 Å². The molecule has 2 aromatic rings. The number of aromatic nitrogens is 2. The third-order valence-corrected chi connectivity index (χ3v) is 3.62. The van der Waals surface area contributed by atoms with Crippen LogP contribution in [0, 0.1) is 13.8 Å². The van der Waals surface area contributed by atoms with Crippen molar-refractivity contribution in [2.45, 2.75) is 13.8 Å². The molecule has 0 atom stereocenters. The summed E-state index contributed by atoms with van der Waals surface area (Å²) in [6, 6.07) is 11.2. The van der Waals surface area contributed by atoms with Gasteiger partial charge in [0.15, 0.2) is 5.11 Å². The molecule has 106 valence electrons. The maximum absolute atomic E-state index is 12.3. The second kappa shape index (κ2) is 5.21. The molecule has 0 aromatic carbocycles. The van der Waals surface area contributed by atoms with Crippen molar-refractivity contribution in [3.8, 4) is 0 Å². The molecular formula is C15H14N4OS. The average molecular weight is 298 g/mol. The molecule has 0 N–H and O–H groups in total. The van der Waals surface area contributed by atoms with E-state index >= 15 is 0 Å². The Labute approximate surface area is 128 Å². The van der Waals surface area contributed by atoms with E-state index in [0.29, 0.717) is 16.7 Å². The molecule has 1 aliphatic rings. The monoisotopic (exact) mass is 298 g/mol. The quantitative estimate of drug-likeness (QED) is 0.796. The fourth-order valence-electron chi connectivity index (χ4n) is 2.24. The summed E-state index contributed by atoms with van der Waals surface area (Å²) in [6.45, 7) is 3.97. The molecule has 0 bridgehead atoms. The number of thiocarbonyl (C=S) groups is 1. The van der Waals surface area contributed by atoms with Crippen molar-refractivity contribution in [3.63, 3.8) is 0 Å². The Hall–Kier alpha value is -2.34. The third kappa shape index (κ3) is 2.50. The van der Waals surface area contributed by atoms with Crippen molar-refractivity contribution in [2.24, 2.45) is 0 Å². The van der Waals surface area contributed by atoms with Crippen LogP contribution in [0.1, 0.15) is 11.4 Å². The van der Waals surface area contributed by atoms with E-state index in [1.54, 1.807) is 11.0 Å². The van der Waals surface area contributed by atoms with Crippen LogP contribution in [0.4, 0.5) is 11.6 Å². The van der Waals surface area contributed by atoms with Gasteiger partial charge in [-0.05, 0) is 50.3 Å². The Kier molecular flexibility index (Phi) is 3.39. The molecule has 21 heavy (non-hydrogen) atoms. The maximum atomic E-state index is 12.3. The van der Waals surface area contributed by atoms with Gasteiger partial charge in [-0.2, -0.15) is 0 Å². The van der Waals surface area contributed by atoms with Crippen LogP contribution in [0.3, 0.4) is 0 Å². The van der Waals surface area contributed by atoms with Gasteiger partial charge in [-0.15, -0.1) is 0 Å². The van der Waals surface area contributed by atoms with E-state index in [1.165, 1.54) is 4.90 Å². The first-order chi connectivity index (χ1) is 10.1. The lowest BCUT2D eigenvalue weighted by atomic mass is 10.3. The third-order valence-electron chi connectivity index (χ3n) is 3.22. The van der Waals surface area contributed by atoms with Crippen LogP contribution in [0.15, 0.2) is 36.4 Å². The molecule has 6 heteroatoms. The minimum absolute atomic E-state index is 0.0959. The van der Waals surface area contributed by atoms with Gasteiger partial charge in [-0.3, -0.25) is 9.69 Å². The molecule has 2 aromatic heterocycles. The van der Waals surface area contributed by atoms with Gasteiger partial charge in [-0.1, -0.05) is 12.1 Å². The zero-order chi connectivity index (χ0) is 15.0. The Balaban J connectivity index is 1.96. The van der Waals surface area contributed by atoms with E-state index in [-0.39, 0.29) is 12.5 Å². The van der Waals surface area contributed by atoms with Crippen molar-refractivity contribution in [1.82, 2.24) is 9.97 Å². The van der Waals surface area contributed by atoms with Crippen molar-refractivity contribution >= 4 is 34.9 Å². The molecule has 0 radical (unpaired) electrons. The second-order valence-electron chi connectivity index (χ2n) is 4.87. The molecule has 0 spiro atoms. The number of carbonyl (C=O) groups is 1. The molecule has 1 fully saturated rings. The van der Waals surface area contributed by atoms with Gasteiger partial charge in [-0.25, -0.2) is 14.9 Å². The minimum atomic E-state index is -0.0959. The molecule has 0 aliphatic carbocycles. The first-order valence-electron chi connectivity index (χ1n) is 6.58. The second-order valence-corrected chi connectivity index (χ2v) is 5.24. The number of carbonyl (C=O) groups excluding carboxylic acids is 1. The number of aryl methyl sites for hydroxylation is 2. The lowest BCUT2D eigenvalue weighted by molar-refractivity contribution is -0.115. The zero-order valence-electron chi connectivity index (χ0n) is 11.8. The fraction of sp³-hybridized carbons (Fsp3) is 0.200. The lowest BCUT2D eigenvalue weighted by Crippen LogP contribution is -2.33. The van der Waals surface area contributed by atoms with Gasteiger partial charge in [0.2, 0.25) is 0 Å². The van der Waals surface area contributed by atoms with E-state index in [0.717, 1.165) is 11.4 Å². The molecule has 1 saturated heterocycles. The lowest BCUT2D eigenvalue weighted by Gasteiger charge is -2.19. The Morgan fingerprint density at radius 3 is 2.19 bits per heavy atom. The van der Waals surface area contributed by atoms with Gasteiger partial charge in [0.05, 0.1) is 0 Å². The summed E-state index contributed by atoms with van der Waals surface area (Å²) in [5.41, 5.74) is 1.73. The summed E-state index contributed by atoms with van der Waals surface area (Å²) >= 11 is 5.44. The Bertz CT molecular complexity index is 731. The SMILES string of the molecule is Cc1cccc(N2CC(=O)N(c3cccc(C)n3)C2=S)n1. The molecule has 0 unspecified atom stereocenters. The van der Waals surface area contributed by atoms with Crippen LogP contribution in [-0.4, -0.2) is 27.5 Å². The summed E-state index contributed by atoms with van der Waals surface area (Å²) in [5, 5.41) is 0.413. The molecule has 0 saturated carbocycles. The molecule has 5 nitrogen and oxygen atoms in total. The first-order valence-corrected chi connectivity index (χ1v) is 6.99. The standard InChI is InChI=1S/C15H14N4OS/c1-10-5-3-7-12(16-10)18-9-14(20)19(15(18)21)13-8-4-6-11(2)17-13/h3-8H,9H2,1-2H3. The fourth-order valence-corrected chi connectivity index (χ4v) is 2.59. The van der Waals surface area contributed by atoms with E-state index in [9.17, 15) is 4.79 Å². The van der Waals surface area contributed by atoms with Gasteiger partial charge >= 0.3 is 0 Å². The van der Waals surface area contributed by atoms with Crippen molar-refractivity contribution < 1.29 is 4.79 Å². The van der Waals surface area contributed by atoms with Crippen LogP contribution in [0.2, 0.25) is 0 Å². The number of hydrogen-bond donors (Lipinski definition) is 0. The summed E-state index contributed by atoms with van der Waals surface area (Å²) < 4.78 is 0. The highest BCUT2D eigenvalue weighted by molar-refractivity contribution is 7.81. The zero-order valence-corrected chi connectivity index (χ0v) is 12.6. The van der Waals surface area contributed by atoms with Gasteiger partial charge < -0.3 is 0 Å². The van der Waals surface area contributed by atoms with Crippen molar-refractivity contribution in [1.29, 1.82) is 0 Å². The number of nitrogens with zero attached hydrogens (tertiary/aromatic N) is 4. The summed E-state index contributed by atoms with van der Waals surface area (Å²) in [7, 11) is 0. The highest BCUT2D eigenvalue weighted by Gasteiger charge is 2.36. The van der Waals surface area contributed by atoms with Gasteiger partial charge in [0.25, 0.3) is 5.91 Å². The number of rotatable bonds is 2. The van der Waals surface area contributed by atoms with E-state index < -0.39 is 0 Å². The predicted octanol–water partition coefficient (Wildman–Crippen LogP) is 2.23. The van der Waals surface area contributed by atoms with Gasteiger partial charge in [0, 0.05) is 11.4 Å². The molecular weight excluding hydrogens is 284 g/mol. The highest BCUT2D eigenvalue weighted by atomic mass is 32.1. The summed E-state index contributed by atoms with van der Waals surface area (Å²) in [6.07, 6.45) is 0. The molecule has 3 rings (SSSR count).